The number of hydrogen-bond donors (Lipinski definition) is 0. The molecule has 0 spiro atoms. The largest absolute Gasteiger partial charge is 0.143 e. The molecule has 0 unspecified atom stereocenters. The Hall–Kier alpha value is -2.16. The number of hydrogen-bond acceptors (Lipinski definition) is 1. The molecule has 2 aromatic carbocycles. The van der Waals surface area contributed by atoms with Crippen LogP contribution in [0, 0.1) is 10.4 Å². The molecule has 2 aliphatic rings. The SMILES string of the molecule is Brc1cc2ccc1=2.c1ccc(-c2ccsc2-c2ccccc2)cc1. The highest BCUT2D eigenvalue weighted by atomic mass is 79.9. The fraction of sp³-hybridized carbons (Fsp3) is 0. The lowest BCUT2D eigenvalue weighted by Gasteiger charge is -2.03. The van der Waals surface area contributed by atoms with E-state index in [1.807, 2.05) is 0 Å². The summed E-state index contributed by atoms with van der Waals surface area (Å²) in [6.45, 7) is 0. The second-order valence-corrected chi connectivity index (χ2v) is 7.36. The molecule has 0 fully saturated rings. The highest BCUT2D eigenvalue weighted by Crippen LogP contribution is 2.36. The van der Waals surface area contributed by atoms with Gasteiger partial charge in [-0.05, 0) is 39.1 Å². The minimum absolute atomic E-state index is 1.25. The summed E-state index contributed by atoms with van der Waals surface area (Å²) in [6.07, 6.45) is 0. The molecule has 0 saturated heterocycles. The van der Waals surface area contributed by atoms with Crippen LogP contribution < -0.4 is 0 Å². The Bertz CT molecular complexity index is 996. The van der Waals surface area contributed by atoms with Gasteiger partial charge in [-0.1, -0.05) is 88.7 Å². The van der Waals surface area contributed by atoms with Crippen LogP contribution in [0.1, 0.15) is 0 Å². The van der Waals surface area contributed by atoms with Crippen LogP contribution >= 0.6 is 27.3 Å². The Labute approximate surface area is 153 Å². The van der Waals surface area contributed by atoms with Crippen LogP contribution in [-0.2, 0) is 0 Å². The van der Waals surface area contributed by atoms with Gasteiger partial charge in [0.05, 0.1) is 0 Å². The van der Waals surface area contributed by atoms with E-state index in [9.17, 15) is 0 Å². The van der Waals surface area contributed by atoms with E-state index in [0.717, 1.165) is 0 Å². The normalized spacial score (nSPS) is 10.7. The number of benzene rings is 3. The Balaban J connectivity index is 0.000000172. The lowest BCUT2D eigenvalue weighted by atomic mass is 10.0. The van der Waals surface area contributed by atoms with Gasteiger partial charge >= 0.3 is 0 Å². The van der Waals surface area contributed by atoms with Gasteiger partial charge in [0.15, 0.2) is 0 Å². The molecule has 0 N–H and O–H groups in total. The molecule has 0 bridgehead atoms. The van der Waals surface area contributed by atoms with Crippen molar-refractivity contribution in [3.63, 3.8) is 0 Å². The second-order valence-electron chi connectivity index (χ2n) is 5.59. The molecule has 3 aromatic rings. The molecule has 1 heterocycles. The van der Waals surface area contributed by atoms with E-state index in [-0.39, 0.29) is 0 Å². The van der Waals surface area contributed by atoms with Crippen molar-refractivity contribution in [2.24, 2.45) is 0 Å². The summed E-state index contributed by atoms with van der Waals surface area (Å²) >= 11 is 5.17. The molecule has 0 aliphatic heterocycles. The highest BCUT2D eigenvalue weighted by molar-refractivity contribution is 9.10. The van der Waals surface area contributed by atoms with Gasteiger partial charge in [-0.25, -0.2) is 0 Å². The molecule has 116 valence electrons. The maximum atomic E-state index is 3.37. The van der Waals surface area contributed by atoms with Gasteiger partial charge in [-0.2, -0.15) is 0 Å². The van der Waals surface area contributed by atoms with Gasteiger partial charge in [0.1, 0.15) is 0 Å². The molecule has 0 nitrogen and oxygen atoms in total. The van der Waals surface area contributed by atoms with Crippen molar-refractivity contribution in [1.29, 1.82) is 0 Å². The third-order valence-electron chi connectivity index (χ3n) is 4.07. The zero-order chi connectivity index (χ0) is 16.4. The Morgan fingerprint density at radius 1 is 0.667 bits per heavy atom. The molecule has 0 radical (unpaired) electrons. The summed E-state index contributed by atoms with van der Waals surface area (Å²) in [5, 5.41) is 4.94. The summed E-state index contributed by atoms with van der Waals surface area (Å²) in [5.41, 5.74) is 3.90. The van der Waals surface area contributed by atoms with Gasteiger partial charge in [-0.3, -0.25) is 0 Å². The monoisotopic (exact) mass is 390 g/mol. The van der Waals surface area contributed by atoms with Crippen LogP contribution in [0.15, 0.2) is 94.8 Å². The molecule has 0 saturated carbocycles. The average molecular weight is 391 g/mol. The number of halogens is 1. The first-order valence-electron chi connectivity index (χ1n) is 7.81. The van der Waals surface area contributed by atoms with Gasteiger partial charge in [0.2, 0.25) is 0 Å². The van der Waals surface area contributed by atoms with Gasteiger partial charge in [0, 0.05) is 14.9 Å². The van der Waals surface area contributed by atoms with Crippen LogP contribution in [-0.4, -0.2) is 0 Å². The van der Waals surface area contributed by atoms with E-state index in [0.29, 0.717) is 0 Å². The maximum Gasteiger partial charge on any atom is 0.0421 e. The lowest BCUT2D eigenvalue weighted by molar-refractivity contribution is 1.34. The van der Waals surface area contributed by atoms with Crippen molar-refractivity contribution in [3.8, 4) is 21.6 Å². The summed E-state index contributed by atoms with van der Waals surface area (Å²) in [5.74, 6) is 0. The predicted octanol–water partition coefficient (Wildman–Crippen LogP) is 7.13. The van der Waals surface area contributed by atoms with Crippen molar-refractivity contribution >= 4 is 27.3 Å². The summed E-state index contributed by atoms with van der Waals surface area (Å²) in [7, 11) is 0. The topological polar surface area (TPSA) is 0 Å². The van der Waals surface area contributed by atoms with Crippen molar-refractivity contribution in [2.45, 2.75) is 0 Å². The zero-order valence-electron chi connectivity index (χ0n) is 12.9. The average Bonchev–Trinajstić information content (AvgIpc) is 3.11. The molecule has 0 amide bonds. The first-order chi connectivity index (χ1) is 11.8. The quantitative estimate of drug-likeness (QED) is 0.300. The van der Waals surface area contributed by atoms with E-state index < -0.39 is 0 Å². The van der Waals surface area contributed by atoms with Crippen LogP contribution in [0.5, 0.6) is 0 Å². The highest BCUT2D eigenvalue weighted by Gasteiger charge is 2.07. The molecule has 24 heavy (non-hydrogen) atoms. The van der Waals surface area contributed by atoms with Crippen LogP contribution in [0.2, 0.25) is 0 Å². The van der Waals surface area contributed by atoms with Crippen molar-refractivity contribution in [3.05, 3.63) is 105 Å². The molecule has 2 aliphatic carbocycles. The first kappa shape index (κ1) is 15.4. The van der Waals surface area contributed by atoms with E-state index in [4.69, 9.17) is 0 Å². The van der Waals surface area contributed by atoms with Crippen molar-refractivity contribution in [2.75, 3.05) is 0 Å². The third-order valence-corrected chi connectivity index (χ3v) is 5.69. The first-order valence-corrected chi connectivity index (χ1v) is 9.48. The molecular formula is C22H15BrS. The van der Waals surface area contributed by atoms with Crippen molar-refractivity contribution in [1.82, 2.24) is 0 Å². The summed E-state index contributed by atoms with van der Waals surface area (Å²) < 4.78 is 1.25. The zero-order valence-corrected chi connectivity index (χ0v) is 15.3. The van der Waals surface area contributed by atoms with Gasteiger partial charge in [0.25, 0.3) is 0 Å². The maximum absolute atomic E-state index is 3.37. The summed E-state index contributed by atoms with van der Waals surface area (Å²) in [6, 6.07) is 29.6. The Morgan fingerprint density at radius 3 is 1.79 bits per heavy atom. The lowest BCUT2D eigenvalue weighted by Crippen LogP contribution is -1.85. The van der Waals surface area contributed by atoms with Crippen LogP contribution in [0.3, 0.4) is 0 Å². The van der Waals surface area contributed by atoms with E-state index in [1.165, 1.54) is 36.5 Å². The second kappa shape index (κ2) is 6.76. The molecule has 5 rings (SSSR count). The summed E-state index contributed by atoms with van der Waals surface area (Å²) in [4.78, 5) is 1.34. The predicted molar refractivity (Wildman–Crippen MR) is 107 cm³/mol. The van der Waals surface area contributed by atoms with Crippen LogP contribution in [0.25, 0.3) is 21.6 Å². The molecular weight excluding hydrogens is 376 g/mol. The van der Waals surface area contributed by atoms with Crippen molar-refractivity contribution < 1.29 is 0 Å². The molecule has 2 heteroatoms. The Morgan fingerprint density at radius 2 is 1.33 bits per heavy atom. The van der Waals surface area contributed by atoms with Gasteiger partial charge in [-0.15, -0.1) is 11.3 Å². The smallest absolute Gasteiger partial charge is 0.0421 e. The van der Waals surface area contributed by atoms with Gasteiger partial charge < -0.3 is 0 Å². The molecule has 1 aromatic heterocycles. The van der Waals surface area contributed by atoms with Crippen LogP contribution in [0.4, 0.5) is 0 Å². The number of rotatable bonds is 2. The fourth-order valence-corrected chi connectivity index (χ4v) is 4.24. The standard InChI is InChI=1S/C16H12S.C6H3Br/c1-3-7-13(8-4-1)15-11-12-17-16(15)14-9-5-2-6-10-14;7-6-3-4-1-2-5(4)6/h1-12H;1-3H. The minimum Gasteiger partial charge on any atom is -0.143 e. The minimum atomic E-state index is 1.25. The van der Waals surface area contributed by atoms with E-state index >= 15 is 0 Å². The molecule has 0 atom stereocenters. The number of thiophene rings is 1. The Kier molecular flexibility index (Phi) is 4.33. The third kappa shape index (κ3) is 2.95. The van der Waals surface area contributed by atoms with E-state index in [2.05, 4.69) is 106 Å². The van der Waals surface area contributed by atoms with E-state index in [1.54, 1.807) is 11.3 Å². The fourth-order valence-electron chi connectivity index (χ4n) is 2.71.